The van der Waals surface area contributed by atoms with Gasteiger partial charge < -0.3 is 5.73 Å². The van der Waals surface area contributed by atoms with Crippen LogP contribution in [0.15, 0.2) is 48.5 Å². The number of aryl methyl sites for hydroxylation is 2. The molecule has 1 atom stereocenters. The summed E-state index contributed by atoms with van der Waals surface area (Å²) in [5.74, 6) is 0. The Hall–Kier alpha value is -1.60. The molecular formula is C16H19N. The summed E-state index contributed by atoms with van der Waals surface area (Å²) in [5.41, 5.74) is 11.4. The lowest BCUT2D eigenvalue weighted by atomic mass is 9.97. The van der Waals surface area contributed by atoms with Crippen LogP contribution >= 0.6 is 0 Å². The molecule has 0 spiro atoms. The molecule has 0 bridgehead atoms. The van der Waals surface area contributed by atoms with Crippen LogP contribution in [0.1, 0.15) is 28.3 Å². The second-order valence-corrected chi connectivity index (χ2v) is 4.64. The van der Waals surface area contributed by atoms with Crippen LogP contribution in [0.2, 0.25) is 0 Å². The molecule has 0 aliphatic rings. The first-order valence-electron chi connectivity index (χ1n) is 6.03. The first-order chi connectivity index (χ1) is 8.16. The SMILES string of the molecule is Cc1ccc([C@@H](N)Cc2ccccc2)cc1C. The van der Waals surface area contributed by atoms with E-state index in [4.69, 9.17) is 5.73 Å². The van der Waals surface area contributed by atoms with Crippen molar-refractivity contribution in [2.24, 2.45) is 5.73 Å². The van der Waals surface area contributed by atoms with E-state index < -0.39 is 0 Å². The van der Waals surface area contributed by atoms with Crippen LogP contribution in [0.4, 0.5) is 0 Å². The Morgan fingerprint density at radius 1 is 0.941 bits per heavy atom. The number of hydrogen-bond donors (Lipinski definition) is 1. The van der Waals surface area contributed by atoms with Crippen molar-refractivity contribution in [1.82, 2.24) is 0 Å². The lowest BCUT2D eigenvalue weighted by molar-refractivity contribution is 0.721. The molecule has 1 nitrogen and oxygen atoms in total. The van der Waals surface area contributed by atoms with Crippen LogP contribution in [0, 0.1) is 13.8 Å². The zero-order valence-corrected chi connectivity index (χ0v) is 10.5. The number of nitrogens with two attached hydrogens (primary N) is 1. The van der Waals surface area contributed by atoms with E-state index in [1.54, 1.807) is 0 Å². The highest BCUT2D eigenvalue weighted by molar-refractivity contribution is 5.32. The summed E-state index contributed by atoms with van der Waals surface area (Å²) in [7, 11) is 0. The van der Waals surface area contributed by atoms with Crippen molar-refractivity contribution in [2.45, 2.75) is 26.3 Å². The van der Waals surface area contributed by atoms with E-state index in [9.17, 15) is 0 Å². The Kier molecular flexibility index (Phi) is 3.60. The minimum absolute atomic E-state index is 0.0803. The standard InChI is InChI=1S/C16H19N/c1-12-8-9-15(10-13(12)2)16(17)11-14-6-4-3-5-7-14/h3-10,16H,11,17H2,1-2H3/t16-/m0/s1. The summed E-state index contributed by atoms with van der Waals surface area (Å²) in [4.78, 5) is 0. The average molecular weight is 225 g/mol. The lowest BCUT2D eigenvalue weighted by Crippen LogP contribution is -2.13. The summed E-state index contributed by atoms with van der Waals surface area (Å²) < 4.78 is 0. The van der Waals surface area contributed by atoms with Crippen molar-refractivity contribution in [3.63, 3.8) is 0 Å². The molecule has 1 heteroatoms. The van der Waals surface area contributed by atoms with Crippen molar-refractivity contribution in [1.29, 1.82) is 0 Å². The summed E-state index contributed by atoms with van der Waals surface area (Å²) in [6.45, 7) is 4.26. The van der Waals surface area contributed by atoms with E-state index >= 15 is 0 Å². The molecule has 0 aliphatic carbocycles. The van der Waals surface area contributed by atoms with Gasteiger partial charge in [-0.1, -0.05) is 48.5 Å². The van der Waals surface area contributed by atoms with Crippen LogP contribution in [0.3, 0.4) is 0 Å². The predicted molar refractivity (Wildman–Crippen MR) is 73.0 cm³/mol. The molecule has 0 unspecified atom stereocenters. The highest BCUT2D eigenvalue weighted by Gasteiger charge is 2.07. The van der Waals surface area contributed by atoms with Gasteiger partial charge in [-0.3, -0.25) is 0 Å². The Morgan fingerprint density at radius 3 is 2.29 bits per heavy atom. The third-order valence-corrected chi connectivity index (χ3v) is 3.26. The topological polar surface area (TPSA) is 26.0 Å². The fourth-order valence-electron chi connectivity index (χ4n) is 1.98. The Morgan fingerprint density at radius 2 is 1.65 bits per heavy atom. The van der Waals surface area contributed by atoms with Crippen LogP contribution in [0.5, 0.6) is 0 Å². The second kappa shape index (κ2) is 5.15. The Labute approximate surface area is 103 Å². The van der Waals surface area contributed by atoms with Gasteiger partial charge in [0.1, 0.15) is 0 Å². The molecule has 0 amide bonds. The molecule has 88 valence electrons. The van der Waals surface area contributed by atoms with Gasteiger partial charge in [-0.15, -0.1) is 0 Å². The van der Waals surface area contributed by atoms with E-state index in [2.05, 4.69) is 56.3 Å². The average Bonchev–Trinajstić information content (AvgIpc) is 2.34. The van der Waals surface area contributed by atoms with E-state index in [1.807, 2.05) is 6.07 Å². The van der Waals surface area contributed by atoms with Crippen LogP contribution in [-0.4, -0.2) is 0 Å². The molecular weight excluding hydrogens is 206 g/mol. The molecule has 17 heavy (non-hydrogen) atoms. The van der Waals surface area contributed by atoms with Crippen LogP contribution < -0.4 is 5.73 Å². The largest absolute Gasteiger partial charge is 0.324 e. The minimum Gasteiger partial charge on any atom is -0.324 e. The molecule has 2 N–H and O–H groups in total. The molecule has 2 aromatic rings. The molecule has 0 fully saturated rings. The molecule has 0 heterocycles. The van der Waals surface area contributed by atoms with Crippen LogP contribution in [0.25, 0.3) is 0 Å². The lowest BCUT2D eigenvalue weighted by Gasteiger charge is -2.13. The van der Waals surface area contributed by atoms with Gasteiger partial charge in [0.25, 0.3) is 0 Å². The fourth-order valence-corrected chi connectivity index (χ4v) is 1.98. The Balaban J connectivity index is 2.14. The zero-order chi connectivity index (χ0) is 12.3. The van der Waals surface area contributed by atoms with Gasteiger partial charge >= 0.3 is 0 Å². The number of benzene rings is 2. The first-order valence-corrected chi connectivity index (χ1v) is 6.03. The minimum atomic E-state index is 0.0803. The van der Waals surface area contributed by atoms with Crippen molar-refractivity contribution in [2.75, 3.05) is 0 Å². The monoisotopic (exact) mass is 225 g/mol. The molecule has 2 aromatic carbocycles. The summed E-state index contributed by atoms with van der Waals surface area (Å²) >= 11 is 0. The van der Waals surface area contributed by atoms with Gasteiger partial charge in [-0.05, 0) is 42.5 Å². The quantitative estimate of drug-likeness (QED) is 0.849. The van der Waals surface area contributed by atoms with Gasteiger partial charge in [0.05, 0.1) is 0 Å². The molecule has 0 aromatic heterocycles. The third-order valence-electron chi connectivity index (χ3n) is 3.26. The van der Waals surface area contributed by atoms with Crippen molar-refractivity contribution < 1.29 is 0 Å². The van der Waals surface area contributed by atoms with Gasteiger partial charge in [0.15, 0.2) is 0 Å². The van der Waals surface area contributed by atoms with Crippen molar-refractivity contribution >= 4 is 0 Å². The van der Waals surface area contributed by atoms with Gasteiger partial charge in [0, 0.05) is 6.04 Å². The van der Waals surface area contributed by atoms with Gasteiger partial charge in [-0.25, -0.2) is 0 Å². The van der Waals surface area contributed by atoms with Crippen molar-refractivity contribution in [3.05, 3.63) is 70.8 Å². The highest BCUT2D eigenvalue weighted by Crippen LogP contribution is 2.18. The van der Waals surface area contributed by atoms with E-state index in [-0.39, 0.29) is 6.04 Å². The van der Waals surface area contributed by atoms with Crippen molar-refractivity contribution in [3.8, 4) is 0 Å². The second-order valence-electron chi connectivity index (χ2n) is 4.64. The van der Waals surface area contributed by atoms with E-state index in [0.29, 0.717) is 0 Å². The third kappa shape index (κ3) is 2.95. The maximum atomic E-state index is 6.25. The molecule has 2 rings (SSSR count). The fraction of sp³-hybridized carbons (Fsp3) is 0.250. The predicted octanol–water partition coefficient (Wildman–Crippen LogP) is 3.55. The number of hydrogen-bond acceptors (Lipinski definition) is 1. The summed E-state index contributed by atoms with van der Waals surface area (Å²) in [5, 5.41) is 0. The maximum Gasteiger partial charge on any atom is 0.0335 e. The molecule has 0 saturated carbocycles. The maximum absolute atomic E-state index is 6.25. The summed E-state index contributed by atoms with van der Waals surface area (Å²) in [6.07, 6.45) is 0.892. The van der Waals surface area contributed by atoms with Gasteiger partial charge in [-0.2, -0.15) is 0 Å². The van der Waals surface area contributed by atoms with Gasteiger partial charge in [0.2, 0.25) is 0 Å². The van der Waals surface area contributed by atoms with E-state index in [0.717, 1.165) is 6.42 Å². The highest BCUT2D eigenvalue weighted by atomic mass is 14.6. The molecule has 0 aliphatic heterocycles. The molecule has 0 saturated heterocycles. The van der Waals surface area contributed by atoms with E-state index in [1.165, 1.54) is 22.3 Å². The Bertz CT molecular complexity index is 488. The summed E-state index contributed by atoms with van der Waals surface area (Å²) in [6, 6.07) is 17.0. The first kappa shape index (κ1) is 11.9. The van der Waals surface area contributed by atoms with Crippen LogP contribution in [-0.2, 0) is 6.42 Å². The normalized spacial score (nSPS) is 12.4. The molecule has 0 radical (unpaired) electrons. The zero-order valence-electron chi connectivity index (χ0n) is 10.5. The number of rotatable bonds is 3. The smallest absolute Gasteiger partial charge is 0.0335 e.